The summed E-state index contributed by atoms with van der Waals surface area (Å²) in [5.41, 5.74) is 3.19. The molecule has 0 heterocycles. The maximum absolute atomic E-state index is 3.86. The van der Waals surface area contributed by atoms with Crippen molar-refractivity contribution in [1.29, 1.82) is 0 Å². The Balaban J connectivity index is 1.49. The highest BCUT2D eigenvalue weighted by atomic mass is 14.9. The predicted octanol–water partition coefficient (Wildman–Crippen LogP) is 4.10. The van der Waals surface area contributed by atoms with Crippen LogP contribution in [0.4, 0.5) is 0 Å². The zero-order valence-corrected chi connectivity index (χ0v) is 12.0. The highest BCUT2D eigenvalue weighted by molar-refractivity contribution is 5.29. The number of hydrogen-bond acceptors (Lipinski definition) is 1. The van der Waals surface area contributed by atoms with Gasteiger partial charge in [-0.1, -0.05) is 49.9 Å². The molecule has 1 saturated carbocycles. The smallest absolute Gasteiger partial charge is 0.00671 e. The lowest BCUT2D eigenvalue weighted by molar-refractivity contribution is 0.372. The van der Waals surface area contributed by atoms with Gasteiger partial charge in [0.15, 0.2) is 0 Å². The summed E-state index contributed by atoms with van der Waals surface area (Å²) in [6, 6.07) is 9.82. The topological polar surface area (TPSA) is 12.0 Å². The summed E-state index contributed by atoms with van der Waals surface area (Å²) in [4.78, 5) is 0. The van der Waals surface area contributed by atoms with E-state index in [4.69, 9.17) is 0 Å². The van der Waals surface area contributed by atoms with Crippen LogP contribution in [0, 0.1) is 5.92 Å². The molecule has 1 N–H and O–H groups in total. The van der Waals surface area contributed by atoms with E-state index in [2.05, 4.69) is 29.6 Å². The molecule has 1 atom stereocenters. The molecule has 2 aliphatic rings. The minimum absolute atomic E-state index is 0.805. The monoisotopic (exact) mass is 257 g/mol. The second-order valence-electron chi connectivity index (χ2n) is 6.47. The number of nitrogens with one attached hydrogen (secondary N) is 1. The largest absolute Gasteiger partial charge is 0.314 e. The highest BCUT2D eigenvalue weighted by Crippen LogP contribution is 2.25. The molecule has 0 aromatic heterocycles. The zero-order chi connectivity index (χ0) is 12.9. The van der Waals surface area contributed by atoms with E-state index in [0.717, 1.165) is 12.0 Å². The van der Waals surface area contributed by atoms with Gasteiger partial charge in [0.05, 0.1) is 0 Å². The first-order chi connectivity index (χ1) is 9.42. The van der Waals surface area contributed by atoms with Crippen LogP contribution in [0.3, 0.4) is 0 Å². The van der Waals surface area contributed by atoms with E-state index < -0.39 is 0 Å². The van der Waals surface area contributed by atoms with Crippen molar-refractivity contribution in [3.05, 3.63) is 35.4 Å². The Hall–Kier alpha value is -0.820. The predicted molar refractivity (Wildman–Crippen MR) is 81.4 cm³/mol. The van der Waals surface area contributed by atoms with Crippen LogP contribution in [0.1, 0.15) is 56.1 Å². The molecule has 0 spiro atoms. The van der Waals surface area contributed by atoms with Gasteiger partial charge in [-0.15, -0.1) is 0 Å². The van der Waals surface area contributed by atoms with Crippen LogP contribution in [0.15, 0.2) is 24.3 Å². The van der Waals surface area contributed by atoms with Crippen molar-refractivity contribution in [1.82, 2.24) is 5.32 Å². The number of rotatable bonds is 3. The van der Waals surface area contributed by atoms with Crippen molar-refractivity contribution >= 4 is 0 Å². The summed E-state index contributed by atoms with van der Waals surface area (Å²) in [5, 5.41) is 3.86. The average molecular weight is 257 g/mol. The van der Waals surface area contributed by atoms with Crippen molar-refractivity contribution in [2.24, 2.45) is 5.92 Å². The number of fused-ring (bicyclic) bond motifs is 1. The summed E-state index contributed by atoms with van der Waals surface area (Å²) in [7, 11) is 0. The Labute approximate surface area is 117 Å². The third kappa shape index (κ3) is 3.60. The van der Waals surface area contributed by atoms with Crippen molar-refractivity contribution < 1.29 is 0 Å². The minimum atomic E-state index is 0.805. The Morgan fingerprint density at radius 1 is 0.895 bits per heavy atom. The number of aryl methyl sites for hydroxylation is 1. The molecule has 1 fully saturated rings. The second kappa shape index (κ2) is 6.56. The minimum Gasteiger partial charge on any atom is -0.314 e. The maximum Gasteiger partial charge on any atom is 0.00671 e. The summed E-state index contributed by atoms with van der Waals surface area (Å²) < 4.78 is 0. The van der Waals surface area contributed by atoms with Gasteiger partial charge >= 0.3 is 0 Å². The van der Waals surface area contributed by atoms with E-state index in [1.54, 1.807) is 11.1 Å². The molecule has 1 aromatic rings. The molecule has 1 heteroatoms. The summed E-state index contributed by atoms with van der Waals surface area (Å²) in [5.74, 6) is 0.859. The van der Waals surface area contributed by atoms with Crippen molar-refractivity contribution in [2.45, 2.75) is 63.8 Å². The van der Waals surface area contributed by atoms with E-state index >= 15 is 0 Å². The molecule has 0 amide bonds. The van der Waals surface area contributed by atoms with Crippen molar-refractivity contribution in [3.63, 3.8) is 0 Å². The molecule has 19 heavy (non-hydrogen) atoms. The Bertz CT molecular complexity index is 390. The van der Waals surface area contributed by atoms with Gasteiger partial charge in [-0.2, -0.15) is 0 Å². The molecule has 104 valence electrons. The molecule has 3 rings (SSSR count). The van der Waals surface area contributed by atoms with E-state index in [0.29, 0.717) is 0 Å². The van der Waals surface area contributed by atoms with Crippen LogP contribution < -0.4 is 5.32 Å². The maximum atomic E-state index is 3.86. The standard InChI is InChI=1S/C18H27N/c1-2-4-10-18(9-3-1)19-14-15-11-12-16-7-5-6-8-17(16)13-15/h5-8,15,18-19H,1-4,9-14H2. The molecule has 1 nitrogen and oxygen atoms in total. The lowest BCUT2D eigenvalue weighted by Gasteiger charge is -2.27. The van der Waals surface area contributed by atoms with Gasteiger partial charge in [0, 0.05) is 6.04 Å². The second-order valence-corrected chi connectivity index (χ2v) is 6.47. The highest BCUT2D eigenvalue weighted by Gasteiger charge is 2.19. The molecular formula is C18H27N. The Morgan fingerprint density at radius 2 is 1.63 bits per heavy atom. The molecule has 0 saturated heterocycles. The number of hydrogen-bond donors (Lipinski definition) is 1. The first-order valence-electron chi connectivity index (χ1n) is 8.22. The lowest BCUT2D eigenvalue weighted by atomic mass is 9.84. The fraction of sp³-hybridized carbons (Fsp3) is 0.667. The van der Waals surface area contributed by atoms with Gasteiger partial charge in [-0.25, -0.2) is 0 Å². The summed E-state index contributed by atoms with van der Waals surface area (Å²) >= 11 is 0. The van der Waals surface area contributed by atoms with Crippen LogP contribution in [-0.4, -0.2) is 12.6 Å². The first kappa shape index (κ1) is 13.2. The Kier molecular flexibility index (Phi) is 4.55. The molecule has 1 aromatic carbocycles. The summed E-state index contributed by atoms with van der Waals surface area (Å²) in [6.07, 6.45) is 12.5. The van der Waals surface area contributed by atoms with Crippen LogP contribution in [0.5, 0.6) is 0 Å². The lowest BCUT2D eigenvalue weighted by Crippen LogP contribution is -2.35. The van der Waals surface area contributed by atoms with Crippen molar-refractivity contribution in [2.75, 3.05) is 6.54 Å². The van der Waals surface area contributed by atoms with E-state index in [1.165, 1.54) is 64.3 Å². The third-order valence-corrected chi connectivity index (χ3v) is 5.00. The first-order valence-corrected chi connectivity index (χ1v) is 8.22. The summed E-state index contributed by atoms with van der Waals surface area (Å²) in [6.45, 7) is 1.24. The van der Waals surface area contributed by atoms with Crippen LogP contribution in [-0.2, 0) is 12.8 Å². The molecule has 0 bridgehead atoms. The third-order valence-electron chi connectivity index (χ3n) is 5.00. The molecular weight excluding hydrogens is 230 g/mol. The molecule has 0 aliphatic heterocycles. The molecule has 1 unspecified atom stereocenters. The Morgan fingerprint density at radius 3 is 2.42 bits per heavy atom. The fourth-order valence-corrected chi connectivity index (χ4v) is 3.76. The van der Waals surface area contributed by atoms with Gasteiger partial charge in [0.1, 0.15) is 0 Å². The quantitative estimate of drug-likeness (QED) is 0.804. The van der Waals surface area contributed by atoms with Crippen LogP contribution in [0.2, 0.25) is 0 Å². The van der Waals surface area contributed by atoms with E-state index in [9.17, 15) is 0 Å². The van der Waals surface area contributed by atoms with E-state index in [1.807, 2.05) is 0 Å². The van der Waals surface area contributed by atoms with E-state index in [-0.39, 0.29) is 0 Å². The van der Waals surface area contributed by atoms with Gasteiger partial charge in [0.2, 0.25) is 0 Å². The van der Waals surface area contributed by atoms with Gasteiger partial charge in [-0.05, 0) is 55.7 Å². The SMILES string of the molecule is c1ccc2c(c1)CCC(CNC1CCCCCC1)C2. The fourth-order valence-electron chi connectivity index (χ4n) is 3.76. The average Bonchev–Trinajstić information content (AvgIpc) is 2.73. The van der Waals surface area contributed by atoms with Crippen molar-refractivity contribution in [3.8, 4) is 0 Å². The van der Waals surface area contributed by atoms with Gasteiger partial charge in [-0.3, -0.25) is 0 Å². The van der Waals surface area contributed by atoms with Crippen LogP contribution >= 0.6 is 0 Å². The van der Waals surface area contributed by atoms with Gasteiger partial charge in [0.25, 0.3) is 0 Å². The zero-order valence-electron chi connectivity index (χ0n) is 12.0. The molecule has 2 aliphatic carbocycles. The normalized spacial score (nSPS) is 24.7. The van der Waals surface area contributed by atoms with Crippen LogP contribution in [0.25, 0.3) is 0 Å². The molecule has 0 radical (unpaired) electrons. The number of benzene rings is 1. The van der Waals surface area contributed by atoms with Gasteiger partial charge < -0.3 is 5.32 Å².